The van der Waals surface area contributed by atoms with Gasteiger partial charge in [0.15, 0.2) is 17.8 Å². The third-order valence-corrected chi connectivity index (χ3v) is 9.09. The third-order valence-electron chi connectivity index (χ3n) is 5.46. The summed E-state index contributed by atoms with van der Waals surface area (Å²) in [4.78, 5) is 35.9. The quantitative estimate of drug-likeness (QED) is 0.162. The van der Waals surface area contributed by atoms with Crippen LogP contribution >= 0.6 is 26.8 Å². The fraction of sp³-hybridized carbons (Fsp3) is 0.421. The van der Waals surface area contributed by atoms with Crippen LogP contribution in [0.15, 0.2) is 36.5 Å². The highest BCUT2D eigenvalue weighted by molar-refractivity contribution is 7.70. The summed E-state index contributed by atoms with van der Waals surface area (Å²) >= 11 is 6.14. The fourth-order valence-electron chi connectivity index (χ4n) is 3.76. The Morgan fingerprint density at radius 1 is 1.17 bits per heavy atom. The lowest BCUT2D eigenvalue weighted by molar-refractivity contribution is -0.0541. The Balaban J connectivity index is 1.55. The zero-order chi connectivity index (χ0) is 26.3. The van der Waals surface area contributed by atoms with Crippen LogP contribution in [0.2, 0.25) is 5.28 Å². The second-order valence-electron chi connectivity index (χ2n) is 8.23. The predicted octanol–water partition coefficient (Wildman–Crippen LogP) is 1.61. The number of aliphatic hydroxyl groups is 2. The average Bonchev–Trinajstić information content (AvgIpc) is 3.32. The SMILES string of the molecule is CC(Nc1nc(Cl)nc2c1cnn2[C@@H]1O[C@H](COP(=O)(O)CP(=O)(O)O)[C@@H](O)[C@H]1O)c1ccccc1. The van der Waals surface area contributed by atoms with Gasteiger partial charge in [0.1, 0.15) is 24.1 Å². The van der Waals surface area contributed by atoms with E-state index < -0.39 is 52.2 Å². The zero-order valence-corrected chi connectivity index (χ0v) is 21.2. The number of ether oxygens (including phenoxy) is 1. The van der Waals surface area contributed by atoms with Crippen LogP contribution < -0.4 is 5.32 Å². The van der Waals surface area contributed by atoms with Gasteiger partial charge in [-0.3, -0.25) is 9.13 Å². The minimum absolute atomic E-state index is 0.112. The molecule has 36 heavy (non-hydrogen) atoms. The lowest BCUT2D eigenvalue weighted by atomic mass is 10.1. The van der Waals surface area contributed by atoms with Crippen molar-refractivity contribution in [2.45, 2.75) is 37.5 Å². The number of anilines is 1. The lowest BCUT2D eigenvalue weighted by Gasteiger charge is -2.18. The molecule has 1 saturated heterocycles. The number of fused-ring (bicyclic) bond motifs is 1. The summed E-state index contributed by atoms with van der Waals surface area (Å²) in [5.74, 6) is -1.02. The Bertz CT molecular complexity index is 1320. The Labute approximate surface area is 209 Å². The van der Waals surface area contributed by atoms with Crippen molar-refractivity contribution < 1.29 is 43.3 Å². The molecule has 4 rings (SSSR count). The van der Waals surface area contributed by atoms with E-state index in [1.807, 2.05) is 37.3 Å². The minimum atomic E-state index is -4.83. The average molecular weight is 564 g/mol. The standard InChI is InChI=1S/C19H24ClN5O9P2/c1-10(11-5-3-2-4-6-11)22-16-12-7-21-25(17(12)24-19(20)23-16)18-15(27)14(26)13(34-18)8-33-36(31,32)9-35(28,29)30/h2-7,10,13-15,18,26-27H,8-9H2,1H3,(H,31,32)(H,22,23,24)(H2,28,29,30)/t10?,13-,14-,15-,18-/m1/s1. The van der Waals surface area contributed by atoms with Crippen molar-refractivity contribution >= 4 is 43.6 Å². The highest BCUT2D eigenvalue weighted by Crippen LogP contribution is 2.55. The van der Waals surface area contributed by atoms with Crippen molar-refractivity contribution in [3.63, 3.8) is 0 Å². The van der Waals surface area contributed by atoms with Gasteiger partial charge >= 0.3 is 15.2 Å². The summed E-state index contributed by atoms with van der Waals surface area (Å²) in [7, 11) is -9.52. The number of nitrogens with zero attached hydrogens (tertiary/aromatic N) is 4. The van der Waals surface area contributed by atoms with Gasteiger partial charge in [0.25, 0.3) is 0 Å². The first-order valence-electron chi connectivity index (χ1n) is 10.6. The first-order chi connectivity index (χ1) is 16.8. The summed E-state index contributed by atoms with van der Waals surface area (Å²) in [6.07, 6.45) is -4.28. The topological polar surface area (TPSA) is 209 Å². The maximum Gasteiger partial charge on any atom is 0.340 e. The van der Waals surface area contributed by atoms with Gasteiger partial charge < -0.3 is 39.5 Å². The van der Waals surface area contributed by atoms with Crippen LogP contribution in [0.4, 0.5) is 5.82 Å². The van der Waals surface area contributed by atoms with E-state index in [0.717, 1.165) is 5.56 Å². The Morgan fingerprint density at radius 2 is 1.86 bits per heavy atom. The monoisotopic (exact) mass is 563 g/mol. The first kappa shape index (κ1) is 27.1. The Kier molecular flexibility index (Phi) is 7.84. The summed E-state index contributed by atoms with van der Waals surface area (Å²) in [6, 6.07) is 9.44. The first-order valence-corrected chi connectivity index (χ1v) is 14.5. The van der Waals surface area contributed by atoms with Gasteiger partial charge in [-0.2, -0.15) is 15.1 Å². The number of rotatable bonds is 9. The van der Waals surface area contributed by atoms with Gasteiger partial charge in [0, 0.05) is 6.04 Å². The van der Waals surface area contributed by atoms with Crippen LogP contribution in [0.1, 0.15) is 24.8 Å². The molecule has 0 saturated carbocycles. The minimum Gasteiger partial charge on any atom is -0.387 e. The molecule has 3 heterocycles. The van der Waals surface area contributed by atoms with Crippen molar-refractivity contribution in [1.29, 1.82) is 0 Å². The number of halogens is 1. The number of nitrogens with one attached hydrogen (secondary N) is 1. The van der Waals surface area contributed by atoms with E-state index in [2.05, 4.69) is 20.4 Å². The van der Waals surface area contributed by atoms with E-state index in [9.17, 15) is 24.2 Å². The molecule has 2 unspecified atom stereocenters. The second kappa shape index (κ2) is 10.4. The molecule has 1 aliphatic heterocycles. The van der Waals surface area contributed by atoms with Crippen molar-refractivity contribution in [2.75, 3.05) is 17.8 Å². The van der Waals surface area contributed by atoms with Gasteiger partial charge in [-0.25, -0.2) is 4.68 Å². The van der Waals surface area contributed by atoms with Gasteiger partial charge in [0.2, 0.25) is 5.28 Å². The molecular weight excluding hydrogens is 540 g/mol. The molecule has 0 aliphatic carbocycles. The Hall–Kier alpha value is -1.96. The summed E-state index contributed by atoms with van der Waals surface area (Å²) in [6.45, 7) is 1.21. The van der Waals surface area contributed by atoms with E-state index in [0.29, 0.717) is 11.2 Å². The van der Waals surface area contributed by atoms with Crippen molar-refractivity contribution in [2.24, 2.45) is 0 Å². The molecule has 0 bridgehead atoms. The molecule has 2 aromatic heterocycles. The second-order valence-corrected chi connectivity index (χ2v) is 12.6. The zero-order valence-electron chi connectivity index (χ0n) is 18.7. The van der Waals surface area contributed by atoms with E-state index in [4.69, 9.17) is 30.6 Å². The van der Waals surface area contributed by atoms with Crippen molar-refractivity contribution in [3.05, 3.63) is 47.4 Å². The Morgan fingerprint density at radius 3 is 2.53 bits per heavy atom. The molecule has 196 valence electrons. The van der Waals surface area contributed by atoms with Gasteiger partial charge in [0.05, 0.1) is 18.2 Å². The summed E-state index contributed by atoms with van der Waals surface area (Å²) < 4.78 is 34.5. The lowest BCUT2D eigenvalue weighted by Crippen LogP contribution is -2.33. The molecule has 6 N–H and O–H groups in total. The molecule has 3 aromatic rings. The molecule has 14 nitrogen and oxygen atoms in total. The number of benzene rings is 1. The van der Waals surface area contributed by atoms with Gasteiger partial charge in [-0.05, 0) is 24.1 Å². The van der Waals surface area contributed by atoms with Crippen LogP contribution in [0, 0.1) is 0 Å². The largest absolute Gasteiger partial charge is 0.387 e. The van der Waals surface area contributed by atoms with E-state index in [1.54, 1.807) is 0 Å². The maximum atomic E-state index is 11.9. The van der Waals surface area contributed by atoms with Crippen LogP contribution in [0.5, 0.6) is 0 Å². The normalized spacial score (nSPS) is 25.1. The van der Waals surface area contributed by atoms with E-state index in [1.165, 1.54) is 10.9 Å². The van der Waals surface area contributed by atoms with Crippen LogP contribution in [0.25, 0.3) is 11.0 Å². The number of aliphatic hydroxyl groups excluding tert-OH is 2. The van der Waals surface area contributed by atoms with Crippen molar-refractivity contribution in [3.8, 4) is 0 Å². The number of aromatic nitrogens is 4. The molecule has 17 heteroatoms. The highest BCUT2D eigenvalue weighted by atomic mass is 35.5. The number of hydrogen-bond donors (Lipinski definition) is 6. The molecule has 0 spiro atoms. The molecule has 0 amide bonds. The van der Waals surface area contributed by atoms with Gasteiger partial charge in [-0.1, -0.05) is 30.3 Å². The van der Waals surface area contributed by atoms with E-state index in [-0.39, 0.29) is 17.0 Å². The van der Waals surface area contributed by atoms with Crippen LogP contribution in [0.3, 0.4) is 0 Å². The smallest absolute Gasteiger partial charge is 0.340 e. The predicted molar refractivity (Wildman–Crippen MR) is 127 cm³/mol. The molecule has 1 aliphatic rings. The maximum absolute atomic E-state index is 11.9. The molecule has 1 aromatic carbocycles. The molecule has 1 fully saturated rings. The summed E-state index contributed by atoms with van der Waals surface area (Å²) in [5, 5.41) is 28.8. The number of hydrogen-bond acceptors (Lipinski definition) is 10. The molecule has 0 radical (unpaired) electrons. The van der Waals surface area contributed by atoms with E-state index >= 15 is 0 Å². The van der Waals surface area contributed by atoms with Crippen molar-refractivity contribution in [1.82, 2.24) is 19.7 Å². The fourth-order valence-corrected chi connectivity index (χ4v) is 6.49. The molecular formula is C19H24ClN5O9P2. The van der Waals surface area contributed by atoms with Gasteiger partial charge in [-0.15, -0.1) is 0 Å². The highest BCUT2D eigenvalue weighted by Gasteiger charge is 2.46. The molecule has 6 atom stereocenters. The van der Waals surface area contributed by atoms with Crippen LogP contribution in [-0.4, -0.2) is 75.5 Å². The van der Waals surface area contributed by atoms with Crippen LogP contribution in [-0.2, 0) is 18.4 Å². The third kappa shape index (κ3) is 6.12. The summed E-state index contributed by atoms with van der Waals surface area (Å²) in [5.41, 5.74) is 1.18.